The molecule has 1 aromatic heterocycles. The van der Waals surface area contributed by atoms with Gasteiger partial charge >= 0.3 is 11.9 Å². The van der Waals surface area contributed by atoms with Gasteiger partial charge in [0.1, 0.15) is 11.9 Å². The Morgan fingerprint density at radius 2 is 1.69 bits per heavy atom. The molecule has 0 aliphatic carbocycles. The zero-order chi connectivity index (χ0) is 25.4. The maximum atomic E-state index is 12.7. The molecular formula is C24H28N6O5. The molecule has 0 saturated carbocycles. The first-order valence-electron chi connectivity index (χ1n) is 11.1. The third-order valence-electron chi connectivity index (χ3n) is 5.00. The van der Waals surface area contributed by atoms with Crippen molar-refractivity contribution in [2.75, 3.05) is 30.0 Å². The van der Waals surface area contributed by atoms with Gasteiger partial charge in [-0.15, -0.1) is 0 Å². The van der Waals surface area contributed by atoms with Gasteiger partial charge in [0.2, 0.25) is 5.95 Å². The molecule has 6 N–H and O–H groups in total. The molecule has 1 atom stereocenters. The van der Waals surface area contributed by atoms with Crippen molar-refractivity contribution >= 4 is 46.2 Å². The van der Waals surface area contributed by atoms with E-state index in [9.17, 15) is 14.4 Å². The summed E-state index contributed by atoms with van der Waals surface area (Å²) in [6, 6.07) is 11.2. The van der Waals surface area contributed by atoms with E-state index >= 15 is 0 Å². The average molecular weight is 481 g/mol. The first-order chi connectivity index (χ1) is 16.8. The highest BCUT2D eigenvalue weighted by molar-refractivity contribution is 5.98. The van der Waals surface area contributed by atoms with E-state index in [-0.39, 0.29) is 25.6 Å². The molecule has 1 unspecified atom stereocenters. The van der Waals surface area contributed by atoms with Crippen molar-refractivity contribution in [2.45, 2.75) is 32.9 Å². The second kappa shape index (κ2) is 11.6. The van der Waals surface area contributed by atoms with Gasteiger partial charge in [0.15, 0.2) is 0 Å². The van der Waals surface area contributed by atoms with Crippen LogP contribution in [0.25, 0.3) is 10.9 Å². The largest absolute Gasteiger partial charge is 0.466 e. The van der Waals surface area contributed by atoms with Crippen LogP contribution < -0.4 is 22.1 Å². The summed E-state index contributed by atoms with van der Waals surface area (Å²) < 4.78 is 9.84. The molecule has 1 heterocycles. The Kier molecular flexibility index (Phi) is 8.38. The first-order valence-corrected chi connectivity index (χ1v) is 11.1. The number of rotatable bonds is 10. The Balaban J connectivity index is 1.63. The molecule has 0 saturated heterocycles. The molecule has 35 heavy (non-hydrogen) atoms. The number of nitrogens with two attached hydrogens (primary N) is 2. The lowest BCUT2D eigenvalue weighted by Crippen LogP contribution is -2.43. The number of nitrogens with zero attached hydrogens (tertiary/aromatic N) is 2. The average Bonchev–Trinajstić information content (AvgIpc) is 2.83. The summed E-state index contributed by atoms with van der Waals surface area (Å²) in [4.78, 5) is 44.8. The molecule has 3 aromatic rings. The number of nitrogens with one attached hydrogen (secondary N) is 2. The van der Waals surface area contributed by atoms with E-state index in [0.29, 0.717) is 28.8 Å². The predicted octanol–water partition coefficient (Wildman–Crippen LogP) is 2.02. The summed E-state index contributed by atoms with van der Waals surface area (Å²) in [6.07, 6.45) is -0.314. The first kappa shape index (κ1) is 25.2. The van der Waals surface area contributed by atoms with Crippen molar-refractivity contribution in [1.82, 2.24) is 15.3 Å². The van der Waals surface area contributed by atoms with Crippen LogP contribution in [-0.2, 0) is 25.6 Å². The molecule has 184 valence electrons. The van der Waals surface area contributed by atoms with Crippen LogP contribution in [0.15, 0.2) is 42.5 Å². The second-order valence-corrected chi connectivity index (χ2v) is 7.54. The minimum Gasteiger partial charge on any atom is -0.466 e. The zero-order valence-electron chi connectivity index (χ0n) is 19.5. The number of fused-ring (bicyclic) bond motifs is 1. The van der Waals surface area contributed by atoms with Gasteiger partial charge in [0, 0.05) is 23.2 Å². The topological polar surface area (TPSA) is 172 Å². The van der Waals surface area contributed by atoms with E-state index < -0.39 is 23.9 Å². The van der Waals surface area contributed by atoms with Crippen LogP contribution in [-0.4, -0.2) is 47.1 Å². The monoisotopic (exact) mass is 480 g/mol. The molecule has 0 aliphatic rings. The molecule has 11 nitrogen and oxygen atoms in total. The van der Waals surface area contributed by atoms with E-state index in [2.05, 4.69) is 20.6 Å². The molecule has 0 spiro atoms. The molecule has 11 heteroatoms. The normalized spacial score (nSPS) is 11.5. The number of nitrogen functional groups attached to an aromatic ring is 2. The highest BCUT2D eigenvalue weighted by Crippen LogP contribution is 2.21. The predicted molar refractivity (Wildman–Crippen MR) is 131 cm³/mol. The van der Waals surface area contributed by atoms with Crippen LogP contribution in [0.4, 0.5) is 17.5 Å². The molecule has 2 aromatic carbocycles. The highest BCUT2D eigenvalue weighted by Gasteiger charge is 2.26. The third-order valence-corrected chi connectivity index (χ3v) is 5.00. The van der Waals surface area contributed by atoms with Crippen molar-refractivity contribution in [3.63, 3.8) is 0 Å². The van der Waals surface area contributed by atoms with E-state index in [1.807, 2.05) is 18.2 Å². The Bertz CT molecular complexity index is 1220. The lowest BCUT2D eigenvalue weighted by atomic mass is 10.1. The van der Waals surface area contributed by atoms with Crippen LogP contribution in [0.3, 0.4) is 0 Å². The van der Waals surface area contributed by atoms with Crippen molar-refractivity contribution in [2.24, 2.45) is 0 Å². The lowest BCUT2D eigenvalue weighted by Gasteiger charge is -2.17. The lowest BCUT2D eigenvalue weighted by molar-refractivity contribution is -0.152. The van der Waals surface area contributed by atoms with Gasteiger partial charge in [-0.05, 0) is 55.8 Å². The van der Waals surface area contributed by atoms with Crippen molar-refractivity contribution in [3.8, 4) is 0 Å². The number of benzene rings is 2. The highest BCUT2D eigenvalue weighted by atomic mass is 16.5. The Morgan fingerprint density at radius 3 is 2.37 bits per heavy atom. The van der Waals surface area contributed by atoms with E-state index in [0.717, 1.165) is 11.3 Å². The van der Waals surface area contributed by atoms with Gasteiger partial charge in [-0.1, -0.05) is 6.07 Å². The van der Waals surface area contributed by atoms with Crippen LogP contribution in [0.5, 0.6) is 0 Å². The fourth-order valence-corrected chi connectivity index (χ4v) is 3.34. The number of carbonyl (C=O) groups is 3. The smallest absolute Gasteiger partial charge is 0.329 e. The Morgan fingerprint density at radius 1 is 0.971 bits per heavy atom. The number of amides is 1. The number of esters is 2. The summed E-state index contributed by atoms with van der Waals surface area (Å²) in [5.74, 6) is -1.37. The zero-order valence-corrected chi connectivity index (χ0v) is 19.5. The van der Waals surface area contributed by atoms with Crippen LogP contribution in [0, 0.1) is 0 Å². The standard InChI is InChI=1S/C24H28N6O5/c1-3-34-20(31)12-19(23(33)35-4-2)28-22(32)15-6-8-16(9-7-15)27-13-14-5-10-18-17(11-14)21(25)30-24(26)29-18/h5-11,19,27H,3-4,12-13H2,1-2H3,(H,28,32)(H4,25,26,29,30). The van der Waals surface area contributed by atoms with Crippen molar-refractivity contribution in [3.05, 3.63) is 53.6 Å². The maximum Gasteiger partial charge on any atom is 0.329 e. The number of ether oxygens (including phenoxy) is 2. The van der Waals surface area contributed by atoms with Crippen molar-refractivity contribution in [1.29, 1.82) is 0 Å². The Hall–Kier alpha value is -4.41. The van der Waals surface area contributed by atoms with Gasteiger partial charge in [-0.3, -0.25) is 9.59 Å². The summed E-state index contributed by atoms with van der Waals surface area (Å²) in [7, 11) is 0. The quantitative estimate of drug-likeness (QED) is 0.315. The van der Waals surface area contributed by atoms with Gasteiger partial charge in [-0.2, -0.15) is 4.98 Å². The number of hydrogen-bond donors (Lipinski definition) is 4. The number of carbonyl (C=O) groups excluding carboxylic acids is 3. The van der Waals surface area contributed by atoms with Gasteiger partial charge in [0.25, 0.3) is 5.91 Å². The minimum atomic E-state index is -1.14. The number of hydrogen-bond acceptors (Lipinski definition) is 10. The van der Waals surface area contributed by atoms with Crippen LogP contribution in [0.2, 0.25) is 0 Å². The molecule has 3 rings (SSSR count). The summed E-state index contributed by atoms with van der Waals surface area (Å²) in [5, 5.41) is 6.52. The van der Waals surface area contributed by atoms with Gasteiger partial charge in [0.05, 0.1) is 25.2 Å². The molecule has 0 aliphatic heterocycles. The van der Waals surface area contributed by atoms with Gasteiger partial charge < -0.3 is 31.6 Å². The van der Waals surface area contributed by atoms with Gasteiger partial charge in [-0.25, -0.2) is 9.78 Å². The van der Waals surface area contributed by atoms with Crippen molar-refractivity contribution < 1.29 is 23.9 Å². The van der Waals surface area contributed by atoms with E-state index in [1.54, 1.807) is 38.1 Å². The molecular weight excluding hydrogens is 452 g/mol. The fraction of sp³-hybridized carbons (Fsp3) is 0.292. The molecule has 1 amide bonds. The minimum absolute atomic E-state index is 0.124. The summed E-state index contributed by atoms with van der Waals surface area (Å²) in [5.41, 5.74) is 14.3. The third kappa shape index (κ3) is 6.79. The molecule has 0 bridgehead atoms. The molecule has 0 radical (unpaired) electrons. The van der Waals surface area contributed by atoms with Crippen LogP contribution in [0.1, 0.15) is 36.2 Å². The fourth-order valence-electron chi connectivity index (χ4n) is 3.34. The summed E-state index contributed by atoms with van der Waals surface area (Å²) in [6.45, 7) is 4.09. The number of anilines is 3. The second-order valence-electron chi connectivity index (χ2n) is 7.54. The van der Waals surface area contributed by atoms with E-state index in [1.165, 1.54) is 0 Å². The van der Waals surface area contributed by atoms with E-state index in [4.69, 9.17) is 20.9 Å². The Labute approximate surface area is 202 Å². The molecule has 0 fully saturated rings. The maximum absolute atomic E-state index is 12.7. The summed E-state index contributed by atoms with van der Waals surface area (Å²) >= 11 is 0. The SMILES string of the molecule is CCOC(=O)CC(NC(=O)c1ccc(NCc2ccc3nc(N)nc(N)c3c2)cc1)C(=O)OCC. The van der Waals surface area contributed by atoms with Crippen LogP contribution >= 0.6 is 0 Å². The number of aromatic nitrogens is 2.